The molecule has 42 heavy (non-hydrogen) atoms. The van der Waals surface area contributed by atoms with Gasteiger partial charge >= 0.3 is 0 Å². The van der Waals surface area contributed by atoms with E-state index in [1.807, 2.05) is 0 Å². The van der Waals surface area contributed by atoms with E-state index in [1.54, 1.807) is 0 Å². The fraction of sp³-hybridized carbons (Fsp3) is 0.405. The van der Waals surface area contributed by atoms with E-state index in [4.69, 9.17) is 0 Å². The fourth-order valence-electron chi connectivity index (χ4n) is 4.84. The van der Waals surface area contributed by atoms with Crippen LogP contribution in [0.15, 0.2) is 90.5 Å². The molecule has 0 saturated carbocycles. The summed E-state index contributed by atoms with van der Waals surface area (Å²) in [7, 11) is -0.987. The van der Waals surface area contributed by atoms with E-state index in [0.717, 1.165) is 12.8 Å². The van der Waals surface area contributed by atoms with Crippen LogP contribution in [0.4, 0.5) is 0 Å². The molecule has 0 unspecified atom stereocenters. The predicted octanol–water partition coefficient (Wildman–Crippen LogP) is 9.58. The molecule has 1 aliphatic rings. The number of allylic oxidation sites excluding steroid dienone is 4. The van der Waals surface area contributed by atoms with Gasteiger partial charge in [0.25, 0.3) is 0 Å². The zero-order valence-electron chi connectivity index (χ0n) is 26.1. The molecule has 0 heterocycles. The average molecular weight is 678 g/mol. The van der Waals surface area contributed by atoms with Crippen LogP contribution in [-0.4, -0.2) is 8.80 Å². The van der Waals surface area contributed by atoms with Crippen LogP contribution in [0.1, 0.15) is 95.8 Å². The minimum Gasteiger partial charge on any atom is -0.273 e. The summed E-state index contributed by atoms with van der Waals surface area (Å²) in [5.41, 5.74) is 5.84. The number of unbranched alkanes of at least 4 members (excludes halogenated alkanes) is 3. The van der Waals surface area contributed by atoms with E-state index in [-0.39, 0.29) is 58.9 Å². The zero-order chi connectivity index (χ0) is 27.0. The topological polar surface area (TPSA) is 0 Å². The molecular weight excluding hydrogens is 627 g/mol. The molecule has 3 aromatic rings. The number of hydrogen-bond acceptors (Lipinski definition) is 0. The van der Waals surface area contributed by atoms with Crippen molar-refractivity contribution in [3.05, 3.63) is 113 Å². The van der Waals surface area contributed by atoms with Gasteiger partial charge in [0.15, 0.2) is 8.80 Å². The Kier molecular flexibility index (Phi) is 25.9. The third-order valence-corrected chi connectivity index (χ3v) is 10.1. The molecule has 0 aromatic heterocycles. The molecule has 0 atom stereocenters. The minimum atomic E-state index is -0.987. The molecule has 0 N–H and O–H groups in total. The molecule has 0 fully saturated rings. The first-order chi connectivity index (χ1) is 18.7. The Morgan fingerprint density at radius 2 is 0.881 bits per heavy atom. The summed E-state index contributed by atoms with van der Waals surface area (Å²) in [6.45, 7) is 8.97. The normalized spacial score (nSPS) is 11.2. The van der Waals surface area contributed by atoms with Crippen molar-refractivity contribution in [3.8, 4) is 0 Å². The summed E-state index contributed by atoms with van der Waals surface area (Å²) in [6, 6.07) is 28.6. The molecule has 0 bridgehead atoms. The van der Waals surface area contributed by atoms with Crippen molar-refractivity contribution in [3.63, 3.8) is 0 Å². The fourth-order valence-corrected chi connectivity index (χ4v) is 7.34. The Morgan fingerprint density at radius 3 is 1.10 bits per heavy atom. The van der Waals surface area contributed by atoms with E-state index < -0.39 is 8.80 Å². The minimum absolute atomic E-state index is 0. The maximum Gasteiger partial charge on any atom is 0.154 e. The van der Waals surface area contributed by atoms with Gasteiger partial charge in [0.2, 0.25) is 0 Å². The summed E-state index contributed by atoms with van der Waals surface area (Å²) < 4.78 is 0. The summed E-state index contributed by atoms with van der Waals surface area (Å²) >= 11 is 0. The van der Waals surface area contributed by atoms with Gasteiger partial charge in [-0.3, -0.25) is 6.08 Å². The van der Waals surface area contributed by atoms with Crippen LogP contribution < -0.4 is 15.6 Å². The van der Waals surface area contributed by atoms with Crippen molar-refractivity contribution in [2.24, 2.45) is 0 Å². The van der Waals surface area contributed by atoms with Crippen LogP contribution in [0.2, 0.25) is 0 Å². The number of hydrogen-bond donors (Lipinski definition) is 0. The van der Waals surface area contributed by atoms with Gasteiger partial charge < -0.3 is 0 Å². The molecule has 5 heteroatoms. The molecule has 229 valence electrons. The van der Waals surface area contributed by atoms with Gasteiger partial charge in [0.05, 0.1) is 0 Å². The van der Waals surface area contributed by atoms with Crippen molar-refractivity contribution in [1.82, 2.24) is 0 Å². The van der Waals surface area contributed by atoms with Gasteiger partial charge in [-0.1, -0.05) is 142 Å². The first-order valence-electron chi connectivity index (χ1n) is 15.1. The Morgan fingerprint density at radius 1 is 0.548 bits per heavy atom. The molecule has 0 spiro atoms. The van der Waals surface area contributed by atoms with Gasteiger partial charge in [-0.15, -0.1) is 43.6 Å². The summed E-state index contributed by atoms with van der Waals surface area (Å²) in [5.74, 6) is 0. The van der Waals surface area contributed by atoms with Crippen LogP contribution in [0.5, 0.6) is 0 Å². The number of benzene rings is 3. The van der Waals surface area contributed by atoms with E-state index in [9.17, 15) is 0 Å². The molecule has 1 aliphatic carbocycles. The summed E-state index contributed by atoms with van der Waals surface area (Å²) in [6.07, 6.45) is 20.7. The van der Waals surface area contributed by atoms with Gasteiger partial charge in [-0.05, 0) is 55.2 Å². The molecule has 0 saturated heterocycles. The van der Waals surface area contributed by atoms with E-state index >= 15 is 0 Å². The predicted molar refractivity (Wildman–Crippen MR) is 192 cm³/mol. The molecule has 0 nitrogen and oxygen atoms in total. The Labute approximate surface area is 293 Å². The quantitative estimate of drug-likeness (QED) is 0.0961. The van der Waals surface area contributed by atoms with Crippen LogP contribution >= 0.6 is 37.2 Å². The number of rotatable bonds is 13. The largest absolute Gasteiger partial charge is 0.273 e. The SMILES string of the molecule is CCC1=CC[C-]=C1.CCCCc1ccc([Si](c2ccc(CCCC)cc2)c2ccc(CCCC)cc2)cc1.Cl.Cl.Cl.[Ti]. The van der Waals surface area contributed by atoms with Crippen molar-refractivity contribution >= 4 is 61.6 Å². The first-order valence-corrected chi connectivity index (χ1v) is 16.6. The third kappa shape index (κ3) is 14.6. The Hall–Kier alpha value is -1.06. The molecular formula is C37H51Cl3SiTi-. The molecule has 0 aliphatic heterocycles. The van der Waals surface area contributed by atoms with E-state index in [0.29, 0.717) is 0 Å². The van der Waals surface area contributed by atoms with Crippen LogP contribution in [-0.2, 0) is 41.0 Å². The number of aryl methyl sites for hydroxylation is 3. The van der Waals surface area contributed by atoms with Gasteiger partial charge in [-0.25, -0.2) is 11.6 Å². The van der Waals surface area contributed by atoms with Gasteiger partial charge in [0.1, 0.15) is 0 Å². The van der Waals surface area contributed by atoms with E-state index in [2.05, 4.69) is 119 Å². The average Bonchev–Trinajstić information content (AvgIpc) is 3.51. The molecule has 3 aromatic carbocycles. The van der Waals surface area contributed by atoms with Crippen molar-refractivity contribution in [2.75, 3.05) is 0 Å². The van der Waals surface area contributed by atoms with Crippen molar-refractivity contribution in [1.29, 1.82) is 0 Å². The second-order valence-corrected chi connectivity index (χ2v) is 12.9. The van der Waals surface area contributed by atoms with Crippen LogP contribution in [0.3, 0.4) is 0 Å². The van der Waals surface area contributed by atoms with Crippen molar-refractivity contribution in [2.45, 2.75) is 98.3 Å². The van der Waals surface area contributed by atoms with Crippen LogP contribution in [0, 0.1) is 6.08 Å². The number of halogens is 3. The molecule has 1 radical (unpaired) electrons. The smallest absolute Gasteiger partial charge is 0.154 e. The maximum atomic E-state index is 3.11. The van der Waals surface area contributed by atoms with Gasteiger partial charge in [-0.2, -0.15) is 6.08 Å². The second-order valence-electron chi connectivity index (χ2n) is 10.5. The van der Waals surface area contributed by atoms with Gasteiger partial charge in [0, 0.05) is 21.7 Å². The van der Waals surface area contributed by atoms with Crippen LogP contribution in [0.25, 0.3) is 0 Å². The monoisotopic (exact) mass is 676 g/mol. The summed E-state index contributed by atoms with van der Waals surface area (Å²) in [4.78, 5) is 0. The standard InChI is InChI=1S/C30H39Si.C7H9.3ClH.Ti/c1-4-7-10-25-13-19-28(20-14-25)31(29-21-15-26(16-22-29)11-8-5-2)30-23-17-27(18-24-30)12-9-6-3;1-2-7-5-3-4-6-7;;;;/h13-24H,4-12H2,1-3H3;5-6H,2-3H2,1H3;3*1H;/q;-1;;;;. The maximum absolute atomic E-state index is 3.11. The first kappa shape index (κ1) is 43.1. The molecule has 4 rings (SSSR count). The zero-order valence-corrected chi connectivity index (χ0v) is 31.1. The Bertz CT molecular complexity index is 1000. The second kappa shape index (κ2) is 25.3. The summed E-state index contributed by atoms with van der Waals surface area (Å²) in [5, 5.41) is 4.48. The van der Waals surface area contributed by atoms with E-state index in [1.165, 1.54) is 95.6 Å². The third-order valence-electron chi connectivity index (χ3n) is 7.36. The molecule has 0 amide bonds. The van der Waals surface area contributed by atoms with Crippen molar-refractivity contribution < 1.29 is 21.7 Å². The Balaban J connectivity index is 0.